The summed E-state index contributed by atoms with van der Waals surface area (Å²) in [5, 5.41) is 1.05. The maximum atomic E-state index is 12.7. The first-order valence-corrected chi connectivity index (χ1v) is 10.3. The van der Waals surface area contributed by atoms with Gasteiger partial charge in [0.1, 0.15) is 11.0 Å². The molecule has 10 heteroatoms. The summed E-state index contributed by atoms with van der Waals surface area (Å²) in [4.78, 5) is 25.2. The van der Waals surface area contributed by atoms with Gasteiger partial charge < -0.3 is 9.80 Å². The number of aromatic nitrogens is 1. The molecular formula is C20H16ClF3N4OS. The lowest BCUT2D eigenvalue weighted by atomic mass is 10.1. The van der Waals surface area contributed by atoms with Crippen molar-refractivity contribution < 1.29 is 18.0 Å². The third-order valence-electron chi connectivity index (χ3n) is 4.72. The number of alkyl halides is 3. The number of amidine groups is 1. The number of piperazine rings is 1. The van der Waals surface area contributed by atoms with Crippen LogP contribution in [0, 0.1) is 0 Å². The van der Waals surface area contributed by atoms with E-state index in [1.165, 1.54) is 23.9 Å². The minimum atomic E-state index is -4.39. The van der Waals surface area contributed by atoms with Gasteiger partial charge in [0.05, 0.1) is 10.5 Å². The van der Waals surface area contributed by atoms with Crippen LogP contribution in [0.5, 0.6) is 0 Å². The first-order chi connectivity index (χ1) is 14.3. The van der Waals surface area contributed by atoms with E-state index < -0.39 is 11.7 Å². The number of pyridine rings is 1. The van der Waals surface area contributed by atoms with Gasteiger partial charge in [-0.05, 0) is 47.7 Å². The SMILES string of the molecule is O=C1N=C(N2CCN(c3cccc(Cl)n3)CC2)S/C1=C\c1ccc(C(F)(F)F)cc1. The fourth-order valence-corrected chi connectivity index (χ4v) is 4.28. The Morgan fingerprint density at radius 2 is 1.67 bits per heavy atom. The molecule has 1 saturated heterocycles. The minimum absolute atomic E-state index is 0.381. The highest BCUT2D eigenvalue weighted by atomic mass is 35.5. The van der Waals surface area contributed by atoms with Crippen LogP contribution in [0.1, 0.15) is 11.1 Å². The second-order valence-electron chi connectivity index (χ2n) is 6.72. The highest BCUT2D eigenvalue weighted by molar-refractivity contribution is 8.18. The number of anilines is 1. The molecule has 156 valence electrons. The van der Waals surface area contributed by atoms with Crippen LogP contribution in [0.3, 0.4) is 0 Å². The number of amides is 1. The summed E-state index contributed by atoms with van der Waals surface area (Å²) in [6.45, 7) is 2.75. The molecule has 0 spiro atoms. The van der Waals surface area contributed by atoms with E-state index in [-0.39, 0.29) is 5.91 Å². The summed E-state index contributed by atoms with van der Waals surface area (Å²) in [5.74, 6) is 0.427. The normalized spacial score (nSPS) is 18.9. The van der Waals surface area contributed by atoms with E-state index in [1.807, 2.05) is 17.0 Å². The Kier molecular flexibility index (Phi) is 5.75. The van der Waals surface area contributed by atoms with Gasteiger partial charge in [-0.2, -0.15) is 18.2 Å². The lowest BCUT2D eigenvalue weighted by Crippen LogP contribution is -2.48. The first kappa shape index (κ1) is 20.7. The molecule has 5 nitrogen and oxygen atoms in total. The molecule has 0 saturated carbocycles. The van der Waals surface area contributed by atoms with Gasteiger partial charge in [-0.3, -0.25) is 4.79 Å². The summed E-state index contributed by atoms with van der Waals surface area (Å²) < 4.78 is 38.1. The zero-order chi connectivity index (χ0) is 21.3. The van der Waals surface area contributed by atoms with Gasteiger partial charge in [0.25, 0.3) is 5.91 Å². The van der Waals surface area contributed by atoms with Gasteiger partial charge in [0.2, 0.25) is 0 Å². The predicted molar refractivity (Wildman–Crippen MR) is 112 cm³/mol. The third-order valence-corrected chi connectivity index (χ3v) is 5.97. The van der Waals surface area contributed by atoms with E-state index in [2.05, 4.69) is 14.9 Å². The maximum absolute atomic E-state index is 12.7. The number of benzene rings is 1. The summed E-state index contributed by atoms with van der Waals surface area (Å²) in [6, 6.07) is 10.2. The maximum Gasteiger partial charge on any atom is 0.416 e. The fourth-order valence-electron chi connectivity index (χ4n) is 3.15. The Balaban J connectivity index is 1.39. The molecule has 30 heavy (non-hydrogen) atoms. The summed E-state index contributed by atoms with van der Waals surface area (Å²) in [6.07, 6.45) is -2.82. The van der Waals surface area contributed by atoms with Gasteiger partial charge in [0, 0.05) is 26.2 Å². The Morgan fingerprint density at radius 3 is 2.30 bits per heavy atom. The molecule has 0 unspecified atom stereocenters. The molecule has 2 aromatic rings. The molecule has 1 aromatic carbocycles. The van der Waals surface area contributed by atoms with Crippen LogP contribution < -0.4 is 4.90 Å². The van der Waals surface area contributed by atoms with E-state index in [9.17, 15) is 18.0 Å². The second-order valence-corrected chi connectivity index (χ2v) is 8.12. The topological polar surface area (TPSA) is 48.8 Å². The molecule has 0 aliphatic carbocycles. The number of carbonyl (C=O) groups excluding carboxylic acids is 1. The molecule has 1 aromatic heterocycles. The molecule has 0 bridgehead atoms. The number of thioether (sulfide) groups is 1. The van der Waals surface area contributed by atoms with Crippen LogP contribution in [0.15, 0.2) is 52.4 Å². The third kappa shape index (κ3) is 4.62. The molecule has 4 rings (SSSR count). The molecule has 0 radical (unpaired) electrons. The van der Waals surface area contributed by atoms with Crippen LogP contribution in [-0.4, -0.2) is 47.1 Å². The summed E-state index contributed by atoms with van der Waals surface area (Å²) >= 11 is 7.20. The van der Waals surface area contributed by atoms with E-state index >= 15 is 0 Å². The van der Waals surface area contributed by atoms with E-state index in [0.717, 1.165) is 18.0 Å². The van der Waals surface area contributed by atoms with Gasteiger partial charge in [-0.15, -0.1) is 0 Å². The standard InChI is InChI=1S/C20H16ClF3N4OS/c21-16-2-1-3-17(25-16)27-8-10-28(11-9-27)19-26-18(29)15(30-19)12-13-4-6-14(7-5-13)20(22,23)24/h1-7,12H,8-11H2/b15-12-. The van der Waals surface area contributed by atoms with Gasteiger partial charge in [0.15, 0.2) is 5.17 Å². The Bertz CT molecular complexity index is 1020. The number of halogens is 4. The fraction of sp³-hybridized carbons (Fsp3) is 0.250. The molecule has 3 heterocycles. The Labute approximate surface area is 180 Å². The molecule has 1 fully saturated rings. The lowest BCUT2D eigenvalue weighted by molar-refractivity contribution is -0.137. The molecule has 0 N–H and O–H groups in total. The minimum Gasteiger partial charge on any atom is -0.353 e. The van der Waals surface area contributed by atoms with Gasteiger partial charge in [-0.1, -0.05) is 29.8 Å². The number of nitrogens with zero attached hydrogens (tertiary/aromatic N) is 4. The van der Waals surface area contributed by atoms with Crippen LogP contribution >= 0.6 is 23.4 Å². The van der Waals surface area contributed by atoms with Crippen molar-refractivity contribution in [1.82, 2.24) is 9.88 Å². The van der Waals surface area contributed by atoms with Crippen molar-refractivity contribution in [3.63, 3.8) is 0 Å². The molecule has 2 aliphatic heterocycles. The van der Waals surface area contributed by atoms with Crippen molar-refractivity contribution in [2.24, 2.45) is 4.99 Å². The monoisotopic (exact) mass is 452 g/mol. The number of rotatable bonds is 2. The van der Waals surface area contributed by atoms with E-state index in [4.69, 9.17) is 11.6 Å². The molecule has 2 aliphatic rings. The highest BCUT2D eigenvalue weighted by Crippen LogP contribution is 2.33. The van der Waals surface area contributed by atoms with Crippen LogP contribution in [0.2, 0.25) is 5.15 Å². The Morgan fingerprint density at radius 1 is 1.00 bits per heavy atom. The second kappa shape index (κ2) is 8.31. The summed E-state index contributed by atoms with van der Waals surface area (Å²) in [5.41, 5.74) is -0.203. The average molecular weight is 453 g/mol. The number of hydrogen-bond donors (Lipinski definition) is 0. The molecular weight excluding hydrogens is 437 g/mol. The number of hydrogen-bond acceptors (Lipinski definition) is 5. The predicted octanol–water partition coefficient (Wildman–Crippen LogP) is 4.55. The van der Waals surface area contributed by atoms with Crippen LogP contribution in [-0.2, 0) is 11.0 Å². The Hall–Kier alpha value is -2.52. The van der Waals surface area contributed by atoms with Crippen molar-refractivity contribution in [2.75, 3.05) is 31.1 Å². The first-order valence-electron chi connectivity index (χ1n) is 9.12. The summed E-state index contributed by atoms with van der Waals surface area (Å²) in [7, 11) is 0. The van der Waals surface area contributed by atoms with Crippen molar-refractivity contribution in [3.05, 3.63) is 63.6 Å². The van der Waals surface area contributed by atoms with Crippen molar-refractivity contribution >= 4 is 46.3 Å². The molecule has 1 amide bonds. The number of aliphatic imine (C=N–C) groups is 1. The van der Waals surface area contributed by atoms with E-state index in [1.54, 1.807) is 12.1 Å². The van der Waals surface area contributed by atoms with Gasteiger partial charge in [-0.25, -0.2) is 4.98 Å². The molecule has 0 atom stereocenters. The quantitative estimate of drug-likeness (QED) is 0.494. The van der Waals surface area contributed by atoms with E-state index in [0.29, 0.717) is 47.0 Å². The number of carbonyl (C=O) groups is 1. The average Bonchev–Trinajstić information content (AvgIpc) is 3.08. The lowest BCUT2D eigenvalue weighted by Gasteiger charge is -2.36. The van der Waals surface area contributed by atoms with Crippen molar-refractivity contribution in [1.29, 1.82) is 0 Å². The highest BCUT2D eigenvalue weighted by Gasteiger charge is 2.31. The zero-order valence-electron chi connectivity index (χ0n) is 15.6. The smallest absolute Gasteiger partial charge is 0.353 e. The van der Waals surface area contributed by atoms with Gasteiger partial charge >= 0.3 is 6.18 Å². The van der Waals surface area contributed by atoms with Crippen molar-refractivity contribution in [3.8, 4) is 0 Å². The van der Waals surface area contributed by atoms with Crippen LogP contribution in [0.4, 0.5) is 19.0 Å². The van der Waals surface area contributed by atoms with Crippen molar-refractivity contribution in [2.45, 2.75) is 6.18 Å². The largest absolute Gasteiger partial charge is 0.416 e. The van der Waals surface area contributed by atoms with Crippen LogP contribution in [0.25, 0.3) is 6.08 Å². The zero-order valence-corrected chi connectivity index (χ0v) is 17.1.